The minimum atomic E-state index is -3.25. The molecule has 0 aliphatic heterocycles. The Balaban J connectivity index is 3.01. The van der Waals surface area contributed by atoms with Crippen LogP contribution in [0.2, 0.25) is 0 Å². The third-order valence-corrected chi connectivity index (χ3v) is 4.65. The lowest BCUT2D eigenvalue weighted by molar-refractivity contribution is 0.586. The van der Waals surface area contributed by atoms with Crippen molar-refractivity contribution in [1.29, 1.82) is 0 Å². The lowest BCUT2D eigenvalue weighted by atomic mass is 10.1. The molecule has 0 aliphatic carbocycles. The molecule has 1 rings (SSSR count). The zero-order chi connectivity index (χ0) is 12.3. The van der Waals surface area contributed by atoms with Gasteiger partial charge < -0.3 is 0 Å². The van der Waals surface area contributed by atoms with Crippen molar-refractivity contribution in [2.24, 2.45) is 0 Å². The largest absolute Gasteiger partial charge is 0.283 e. The second-order valence-corrected chi connectivity index (χ2v) is 6.28. The number of hydrogen-bond acceptors (Lipinski definition) is 2. The smallest absolute Gasteiger partial charge is 0.235 e. The van der Waals surface area contributed by atoms with Crippen LogP contribution in [0.25, 0.3) is 0 Å². The predicted molar refractivity (Wildman–Crippen MR) is 68.2 cm³/mol. The molecule has 0 aliphatic rings. The molecular formula is C12H19NO2S. The maximum Gasteiger partial charge on any atom is 0.235 e. The Kier molecular flexibility index (Phi) is 3.97. The van der Waals surface area contributed by atoms with E-state index in [1.165, 1.54) is 0 Å². The van der Waals surface area contributed by atoms with Crippen LogP contribution in [0, 0.1) is 13.8 Å². The zero-order valence-corrected chi connectivity index (χ0v) is 11.1. The lowest BCUT2D eigenvalue weighted by Crippen LogP contribution is -2.24. The van der Waals surface area contributed by atoms with Crippen LogP contribution in [0.15, 0.2) is 18.2 Å². The first-order valence-electron chi connectivity index (χ1n) is 5.45. The Morgan fingerprint density at radius 2 is 1.94 bits per heavy atom. The molecule has 0 saturated heterocycles. The predicted octanol–water partition coefficient (Wildman–Crippen LogP) is 2.84. The van der Waals surface area contributed by atoms with E-state index in [2.05, 4.69) is 4.72 Å². The second kappa shape index (κ2) is 4.87. The number of nitrogens with one attached hydrogen (secondary N) is 1. The van der Waals surface area contributed by atoms with Crippen LogP contribution in [0.4, 0.5) is 5.69 Å². The van der Waals surface area contributed by atoms with E-state index in [1.807, 2.05) is 39.0 Å². The minimum Gasteiger partial charge on any atom is -0.283 e. The second-order valence-electron chi connectivity index (χ2n) is 4.18. The van der Waals surface area contributed by atoms with E-state index in [0.717, 1.165) is 11.1 Å². The van der Waals surface area contributed by atoms with Gasteiger partial charge in [0.05, 0.1) is 10.9 Å². The van der Waals surface area contributed by atoms with Crippen molar-refractivity contribution in [3.63, 3.8) is 0 Å². The summed E-state index contributed by atoms with van der Waals surface area (Å²) in [4.78, 5) is 0. The number of benzene rings is 1. The Morgan fingerprint density at radius 3 is 2.50 bits per heavy atom. The van der Waals surface area contributed by atoms with Gasteiger partial charge in [-0.05, 0) is 44.4 Å². The van der Waals surface area contributed by atoms with Gasteiger partial charge in [-0.25, -0.2) is 8.42 Å². The molecule has 1 N–H and O–H groups in total. The van der Waals surface area contributed by atoms with Gasteiger partial charge in [-0.1, -0.05) is 19.1 Å². The molecule has 0 bridgehead atoms. The summed E-state index contributed by atoms with van der Waals surface area (Å²) < 4.78 is 26.4. The first-order chi connectivity index (χ1) is 7.36. The highest BCUT2D eigenvalue weighted by Crippen LogP contribution is 2.19. The van der Waals surface area contributed by atoms with Crippen molar-refractivity contribution in [1.82, 2.24) is 0 Å². The zero-order valence-electron chi connectivity index (χ0n) is 10.2. The molecule has 1 unspecified atom stereocenters. The van der Waals surface area contributed by atoms with Gasteiger partial charge in [0.25, 0.3) is 0 Å². The van der Waals surface area contributed by atoms with E-state index in [0.29, 0.717) is 12.1 Å². The van der Waals surface area contributed by atoms with Crippen molar-refractivity contribution in [3.8, 4) is 0 Å². The summed E-state index contributed by atoms with van der Waals surface area (Å²) in [6.45, 7) is 7.43. The first kappa shape index (κ1) is 13.0. The minimum absolute atomic E-state index is 0.368. The molecule has 0 aromatic heterocycles. The van der Waals surface area contributed by atoms with Gasteiger partial charge in [0.15, 0.2) is 0 Å². The Labute approximate surface area is 97.9 Å². The summed E-state index contributed by atoms with van der Waals surface area (Å²) in [7, 11) is -3.25. The number of aryl methyl sites for hydroxylation is 2. The Bertz CT molecular complexity index is 466. The lowest BCUT2D eigenvalue weighted by Gasteiger charge is -2.15. The van der Waals surface area contributed by atoms with Crippen molar-refractivity contribution in [2.45, 2.75) is 39.4 Å². The monoisotopic (exact) mass is 241 g/mol. The molecule has 1 aromatic rings. The normalized spacial score (nSPS) is 13.5. The standard InChI is InChI=1S/C12H19NO2S/c1-5-11(4)16(14,15)13-12-8-9(2)6-7-10(12)3/h6-8,11,13H,5H2,1-4H3. The van der Waals surface area contributed by atoms with Gasteiger partial charge in [-0.3, -0.25) is 4.72 Å². The van der Waals surface area contributed by atoms with Crippen molar-refractivity contribution >= 4 is 15.7 Å². The van der Waals surface area contributed by atoms with Crippen LogP contribution in [-0.4, -0.2) is 13.7 Å². The summed E-state index contributed by atoms with van der Waals surface area (Å²) in [6.07, 6.45) is 0.611. The highest BCUT2D eigenvalue weighted by Gasteiger charge is 2.19. The highest BCUT2D eigenvalue weighted by atomic mass is 32.2. The average Bonchev–Trinajstić information content (AvgIpc) is 2.22. The third-order valence-electron chi connectivity index (χ3n) is 2.75. The summed E-state index contributed by atoms with van der Waals surface area (Å²) in [5.74, 6) is 0. The molecule has 0 spiro atoms. The van der Waals surface area contributed by atoms with Gasteiger partial charge in [0.2, 0.25) is 10.0 Å². The Morgan fingerprint density at radius 1 is 1.31 bits per heavy atom. The quantitative estimate of drug-likeness (QED) is 0.881. The highest BCUT2D eigenvalue weighted by molar-refractivity contribution is 7.93. The fourth-order valence-electron chi connectivity index (χ4n) is 1.32. The number of hydrogen-bond donors (Lipinski definition) is 1. The summed E-state index contributed by atoms with van der Waals surface area (Å²) in [5.41, 5.74) is 2.67. The fourth-order valence-corrected chi connectivity index (χ4v) is 2.49. The summed E-state index contributed by atoms with van der Waals surface area (Å²) in [5, 5.41) is -0.368. The van der Waals surface area contributed by atoms with Gasteiger partial charge in [-0.2, -0.15) is 0 Å². The van der Waals surface area contributed by atoms with Gasteiger partial charge in [0.1, 0.15) is 0 Å². The topological polar surface area (TPSA) is 46.2 Å². The van der Waals surface area contributed by atoms with Crippen LogP contribution in [0.5, 0.6) is 0 Å². The van der Waals surface area contributed by atoms with Crippen molar-refractivity contribution in [2.75, 3.05) is 4.72 Å². The molecule has 0 radical (unpaired) electrons. The van der Waals surface area contributed by atoms with Gasteiger partial charge >= 0.3 is 0 Å². The Hall–Kier alpha value is -1.03. The van der Waals surface area contributed by atoms with Gasteiger partial charge in [0, 0.05) is 0 Å². The summed E-state index contributed by atoms with van der Waals surface area (Å²) >= 11 is 0. The van der Waals surface area contributed by atoms with E-state index in [-0.39, 0.29) is 5.25 Å². The SMILES string of the molecule is CCC(C)S(=O)(=O)Nc1cc(C)ccc1C. The summed E-state index contributed by atoms with van der Waals surface area (Å²) in [6, 6.07) is 5.75. The van der Waals surface area contributed by atoms with Gasteiger partial charge in [-0.15, -0.1) is 0 Å². The number of sulfonamides is 1. The molecule has 90 valence electrons. The van der Waals surface area contributed by atoms with Crippen LogP contribution in [0.1, 0.15) is 31.4 Å². The van der Waals surface area contributed by atoms with Crippen molar-refractivity contribution in [3.05, 3.63) is 29.3 Å². The molecule has 16 heavy (non-hydrogen) atoms. The third kappa shape index (κ3) is 2.98. The van der Waals surface area contributed by atoms with Crippen molar-refractivity contribution < 1.29 is 8.42 Å². The molecule has 4 heteroatoms. The molecule has 1 atom stereocenters. The van der Waals surface area contributed by atoms with E-state index >= 15 is 0 Å². The van der Waals surface area contributed by atoms with E-state index < -0.39 is 10.0 Å². The maximum absolute atomic E-state index is 11.9. The molecule has 0 fully saturated rings. The van der Waals surface area contributed by atoms with Crippen LogP contribution in [0.3, 0.4) is 0 Å². The number of anilines is 1. The maximum atomic E-state index is 11.9. The molecule has 0 saturated carbocycles. The van der Waals surface area contributed by atoms with Crippen LogP contribution >= 0.6 is 0 Å². The molecule has 0 heterocycles. The fraction of sp³-hybridized carbons (Fsp3) is 0.500. The average molecular weight is 241 g/mol. The molecule has 0 amide bonds. The molecular weight excluding hydrogens is 222 g/mol. The molecule has 3 nitrogen and oxygen atoms in total. The van der Waals surface area contributed by atoms with E-state index in [4.69, 9.17) is 0 Å². The first-order valence-corrected chi connectivity index (χ1v) is 7.00. The van der Waals surface area contributed by atoms with E-state index in [1.54, 1.807) is 6.92 Å². The number of rotatable bonds is 4. The van der Waals surface area contributed by atoms with Crippen LogP contribution in [-0.2, 0) is 10.0 Å². The van der Waals surface area contributed by atoms with Crippen LogP contribution < -0.4 is 4.72 Å². The van der Waals surface area contributed by atoms with E-state index in [9.17, 15) is 8.42 Å². The molecule has 1 aromatic carbocycles.